The molecule has 1 fully saturated rings. The maximum absolute atomic E-state index is 9.74. The van der Waals surface area contributed by atoms with Gasteiger partial charge in [-0.25, -0.2) is 0 Å². The van der Waals surface area contributed by atoms with E-state index in [1.807, 2.05) is 12.1 Å². The lowest BCUT2D eigenvalue weighted by Gasteiger charge is -2.34. The number of nitrogens with two attached hydrogens (primary N) is 1. The van der Waals surface area contributed by atoms with Gasteiger partial charge in [-0.3, -0.25) is 0 Å². The summed E-state index contributed by atoms with van der Waals surface area (Å²) in [6.45, 7) is 4.91. The molecular formula is C16H24ClNO. The Balaban J connectivity index is 2.14. The fourth-order valence-corrected chi connectivity index (χ4v) is 3.27. The molecule has 1 atom stereocenters. The predicted octanol–water partition coefficient (Wildman–Crippen LogP) is 4.02. The average molecular weight is 282 g/mol. The fourth-order valence-electron chi connectivity index (χ4n) is 2.93. The second kappa shape index (κ2) is 5.82. The molecule has 1 saturated carbocycles. The van der Waals surface area contributed by atoms with Crippen molar-refractivity contribution in [2.75, 3.05) is 6.54 Å². The van der Waals surface area contributed by atoms with E-state index in [0.29, 0.717) is 11.3 Å². The van der Waals surface area contributed by atoms with Crippen LogP contribution in [0.3, 0.4) is 0 Å². The third-order valence-corrected chi connectivity index (χ3v) is 4.74. The Morgan fingerprint density at radius 2 is 2.00 bits per heavy atom. The molecule has 1 unspecified atom stereocenters. The molecule has 1 aromatic carbocycles. The van der Waals surface area contributed by atoms with Crippen LogP contribution in [0.2, 0.25) is 5.02 Å². The molecule has 1 aliphatic carbocycles. The van der Waals surface area contributed by atoms with Crippen LogP contribution in [0.15, 0.2) is 18.2 Å². The second-order valence-electron chi connectivity index (χ2n) is 6.47. The van der Waals surface area contributed by atoms with E-state index >= 15 is 0 Å². The smallest absolute Gasteiger partial charge is 0.0912 e. The van der Waals surface area contributed by atoms with Crippen LogP contribution in [0.1, 0.15) is 62.7 Å². The zero-order chi connectivity index (χ0) is 14.0. The van der Waals surface area contributed by atoms with Crippen LogP contribution in [-0.4, -0.2) is 11.7 Å². The quantitative estimate of drug-likeness (QED) is 0.879. The molecule has 2 rings (SSSR count). The van der Waals surface area contributed by atoms with Gasteiger partial charge in [-0.05, 0) is 54.2 Å². The Morgan fingerprint density at radius 3 is 2.53 bits per heavy atom. The van der Waals surface area contributed by atoms with Gasteiger partial charge in [0.15, 0.2) is 0 Å². The van der Waals surface area contributed by atoms with Crippen molar-refractivity contribution in [1.82, 2.24) is 0 Å². The number of halogens is 1. The minimum atomic E-state index is -0.614. The number of rotatable bonds is 3. The summed E-state index contributed by atoms with van der Waals surface area (Å²) in [6, 6.07) is 5.90. The van der Waals surface area contributed by atoms with Crippen LogP contribution < -0.4 is 5.73 Å². The fraction of sp³-hybridized carbons (Fsp3) is 0.625. The first-order valence-corrected chi connectivity index (χ1v) is 7.48. The second-order valence-corrected chi connectivity index (χ2v) is 6.88. The molecule has 3 heteroatoms. The first kappa shape index (κ1) is 14.8. The summed E-state index contributed by atoms with van der Waals surface area (Å²) in [7, 11) is 0. The van der Waals surface area contributed by atoms with E-state index in [-0.39, 0.29) is 6.54 Å². The normalized spacial score (nSPS) is 21.3. The van der Waals surface area contributed by atoms with Gasteiger partial charge in [-0.1, -0.05) is 37.6 Å². The molecule has 1 aromatic rings. The van der Waals surface area contributed by atoms with Gasteiger partial charge >= 0.3 is 0 Å². The highest BCUT2D eigenvalue weighted by molar-refractivity contribution is 6.31. The van der Waals surface area contributed by atoms with Crippen molar-refractivity contribution >= 4 is 11.6 Å². The molecule has 0 amide bonds. The van der Waals surface area contributed by atoms with Crippen molar-refractivity contribution < 1.29 is 5.11 Å². The highest BCUT2D eigenvalue weighted by atomic mass is 35.5. The van der Waals surface area contributed by atoms with E-state index < -0.39 is 6.10 Å². The molecular weight excluding hydrogens is 258 g/mol. The first-order chi connectivity index (χ1) is 8.93. The summed E-state index contributed by atoms with van der Waals surface area (Å²) < 4.78 is 0. The number of aliphatic hydroxyl groups excluding tert-OH is 1. The van der Waals surface area contributed by atoms with E-state index in [9.17, 15) is 5.11 Å². The minimum Gasteiger partial charge on any atom is -0.387 e. The Labute approximate surface area is 121 Å². The topological polar surface area (TPSA) is 46.2 Å². The first-order valence-electron chi connectivity index (χ1n) is 7.10. The van der Waals surface area contributed by atoms with E-state index in [4.69, 9.17) is 17.3 Å². The molecule has 0 aromatic heterocycles. The number of hydrogen-bond donors (Lipinski definition) is 2. The lowest BCUT2D eigenvalue weighted by atomic mass is 9.71. The SMILES string of the molecule is CC1(C)CCC(c2ccc(C(O)CN)cc2Cl)CC1. The predicted molar refractivity (Wildman–Crippen MR) is 80.5 cm³/mol. The van der Waals surface area contributed by atoms with Gasteiger partial charge < -0.3 is 10.8 Å². The minimum absolute atomic E-state index is 0.229. The number of benzene rings is 1. The molecule has 0 bridgehead atoms. The van der Waals surface area contributed by atoms with Gasteiger partial charge in [0.05, 0.1) is 6.10 Å². The van der Waals surface area contributed by atoms with Crippen molar-refractivity contribution in [3.8, 4) is 0 Å². The third-order valence-electron chi connectivity index (χ3n) is 4.41. The number of hydrogen-bond acceptors (Lipinski definition) is 2. The third kappa shape index (κ3) is 3.50. The molecule has 106 valence electrons. The van der Waals surface area contributed by atoms with Crippen molar-refractivity contribution in [3.05, 3.63) is 34.3 Å². The van der Waals surface area contributed by atoms with Crippen LogP contribution in [0.4, 0.5) is 0 Å². The monoisotopic (exact) mass is 281 g/mol. The van der Waals surface area contributed by atoms with Gasteiger partial charge in [-0.2, -0.15) is 0 Å². The van der Waals surface area contributed by atoms with Crippen molar-refractivity contribution in [1.29, 1.82) is 0 Å². The maximum atomic E-state index is 9.74. The lowest BCUT2D eigenvalue weighted by Crippen LogP contribution is -2.20. The van der Waals surface area contributed by atoms with Crippen LogP contribution in [-0.2, 0) is 0 Å². The standard InChI is InChI=1S/C16H24ClNO/c1-16(2)7-5-11(6-8-16)13-4-3-12(9-14(13)17)15(19)10-18/h3-4,9,11,15,19H,5-8,10,18H2,1-2H3. The molecule has 0 saturated heterocycles. The van der Waals surface area contributed by atoms with Gasteiger partial charge in [0, 0.05) is 11.6 Å². The summed E-state index contributed by atoms with van der Waals surface area (Å²) in [6.07, 6.45) is 4.29. The van der Waals surface area contributed by atoms with Crippen molar-refractivity contribution in [2.24, 2.45) is 11.1 Å². The summed E-state index contributed by atoms with van der Waals surface area (Å²) in [4.78, 5) is 0. The Kier molecular flexibility index (Phi) is 4.54. The Hall–Kier alpha value is -0.570. The van der Waals surface area contributed by atoms with Crippen LogP contribution >= 0.6 is 11.6 Å². The van der Waals surface area contributed by atoms with E-state index in [2.05, 4.69) is 19.9 Å². The Morgan fingerprint density at radius 1 is 1.37 bits per heavy atom. The van der Waals surface area contributed by atoms with Gasteiger partial charge in [0.25, 0.3) is 0 Å². The van der Waals surface area contributed by atoms with Gasteiger partial charge in [0.2, 0.25) is 0 Å². The van der Waals surface area contributed by atoms with Crippen molar-refractivity contribution in [3.63, 3.8) is 0 Å². The molecule has 0 aliphatic heterocycles. The molecule has 3 N–H and O–H groups in total. The van der Waals surface area contributed by atoms with Gasteiger partial charge in [0.1, 0.15) is 0 Å². The van der Waals surface area contributed by atoms with Crippen LogP contribution in [0, 0.1) is 5.41 Å². The van der Waals surface area contributed by atoms with E-state index in [1.165, 1.54) is 31.2 Å². The highest BCUT2D eigenvalue weighted by Crippen LogP contribution is 2.44. The molecule has 0 radical (unpaired) electrons. The molecule has 2 nitrogen and oxygen atoms in total. The molecule has 0 heterocycles. The summed E-state index contributed by atoms with van der Waals surface area (Å²) in [5.74, 6) is 0.560. The maximum Gasteiger partial charge on any atom is 0.0912 e. The summed E-state index contributed by atoms with van der Waals surface area (Å²) in [5.41, 5.74) is 7.98. The highest BCUT2D eigenvalue weighted by Gasteiger charge is 2.28. The van der Waals surface area contributed by atoms with E-state index in [0.717, 1.165) is 10.6 Å². The Bertz CT molecular complexity index is 434. The molecule has 1 aliphatic rings. The van der Waals surface area contributed by atoms with E-state index in [1.54, 1.807) is 0 Å². The lowest BCUT2D eigenvalue weighted by molar-refractivity contribution is 0.186. The summed E-state index contributed by atoms with van der Waals surface area (Å²) in [5, 5.41) is 10.5. The van der Waals surface area contributed by atoms with Crippen molar-refractivity contribution in [2.45, 2.75) is 51.6 Å². The number of aliphatic hydroxyl groups is 1. The summed E-state index contributed by atoms with van der Waals surface area (Å²) >= 11 is 6.38. The van der Waals surface area contributed by atoms with Gasteiger partial charge in [-0.15, -0.1) is 0 Å². The van der Waals surface area contributed by atoms with Crippen LogP contribution in [0.25, 0.3) is 0 Å². The molecule has 19 heavy (non-hydrogen) atoms. The average Bonchev–Trinajstić information content (AvgIpc) is 2.38. The molecule has 0 spiro atoms. The largest absolute Gasteiger partial charge is 0.387 e. The zero-order valence-corrected chi connectivity index (χ0v) is 12.6. The zero-order valence-electron chi connectivity index (χ0n) is 11.8. The van der Waals surface area contributed by atoms with Crippen LogP contribution in [0.5, 0.6) is 0 Å².